The molecule has 0 radical (unpaired) electrons. The molecule has 1 aromatic rings. The summed E-state index contributed by atoms with van der Waals surface area (Å²) in [6.45, 7) is 3.39. The second kappa shape index (κ2) is 7.34. The Hall–Kier alpha value is -2.48. The van der Waals surface area contributed by atoms with Gasteiger partial charge in [0.05, 0.1) is 6.04 Å². The Morgan fingerprint density at radius 3 is 2.48 bits per heavy atom. The van der Waals surface area contributed by atoms with E-state index in [1.807, 2.05) is 6.92 Å². The monoisotopic (exact) mass is 288 g/mol. The van der Waals surface area contributed by atoms with Crippen LogP contribution in [0.5, 0.6) is 0 Å². The largest absolute Gasteiger partial charge is 0.479 e. The van der Waals surface area contributed by atoms with Crippen molar-refractivity contribution in [2.45, 2.75) is 38.3 Å². The lowest BCUT2D eigenvalue weighted by Crippen LogP contribution is -2.54. The Kier molecular flexibility index (Phi) is 5.79. The van der Waals surface area contributed by atoms with Gasteiger partial charge in [-0.2, -0.15) is 0 Å². The number of benzene rings is 1. The molecule has 2 unspecified atom stereocenters. The van der Waals surface area contributed by atoms with E-state index in [1.54, 1.807) is 30.3 Å². The molecule has 3 N–H and O–H groups in total. The third kappa shape index (κ3) is 4.25. The Balaban J connectivity index is 2.87. The van der Waals surface area contributed by atoms with E-state index < -0.39 is 23.6 Å². The molecular formula is C16H20N2O3. The molecule has 0 saturated carbocycles. The van der Waals surface area contributed by atoms with Crippen LogP contribution in [0.3, 0.4) is 0 Å². The van der Waals surface area contributed by atoms with E-state index in [0.717, 1.165) is 6.42 Å². The first-order chi connectivity index (χ1) is 9.93. The molecule has 0 heterocycles. The first-order valence-corrected chi connectivity index (χ1v) is 6.77. The van der Waals surface area contributed by atoms with Gasteiger partial charge in [0.25, 0.3) is 0 Å². The summed E-state index contributed by atoms with van der Waals surface area (Å²) in [6, 6.07) is 7.51. The SMILES string of the molecule is C#CC(CCC)NC(=O)NC(C)(C(=O)O)c1ccccc1. The van der Waals surface area contributed by atoms with Crippen LogP contribution in [-0.4, -0.2) is 23.1 Å². The van der Waals surface area contributed by atoms with Crippen molar-refractivity contribution in [2.75, 3.05) is 0 Å². The lowest BCUT2D eigenvalue weighted by Gasteiger charge is -2.27. The van der Waals surface area contributed by atoms with E-state index in [2.05, 4.69) is 16.6 Å². The number of carbonyl (C=O) groups is 2. The molecule has 0 saturated heterocycles. The fourth-order valence-corrected chi connectivity index (χ4v) is 1.93. The first kappa shape index (κ1) is 16.6. The van der Waals surface area contributed by atoms with Gasteiger partial charge in [0.15, 0.2) is 5.54 Å². The van der Waals surface area contributed by atoms with Crippen LogP contribution in [0.15, 0.2) is 30.3 Å². The molecule has 2 atom stereocenters. The highest BCUT2D eigenvalue weighted by Crippen LogP contribution is 2.20. The van der Waals surface area contributed by atoms with Crippen LogP contribution in [0.1, 0.15) is 32.3 Å². The van der Waals surface area contributed by atoms with E-state index in [9.17, 15) is 14.7 Å². The summed E-state index contributed by atoms with van der Waals surface area (Å²) in [4.78, 5) is 23.6. The maximum absolute atomic E-state index is 12.0. The second-order valence-corrected chi connectivity index (χ2v) is 4.90. The van der Waals surface area contributed by atoms with Crippen molar-refractivity contribution in [3.05, 3.63) is 35.9 Å². The summed E-state index contributed by atoms with van der Waals surface area (Å²) in [5.74, 6) is 1.33. The lowest BCUT2D eigenvalue weighted by molar-refractivity contribution is -0.144. The van der Waals surface area contributed by atoms with Crippen LogP contribution in [0.2, 0.25) is 0 Å². The minimum atomic E-state index is -1.52. The fraction of sp³-hybridized carbons (Fsp3) is 0.375. The second-order valence-electron chi connectivity index (χ2n) is 4.90. The highest BCUT2D eigenvalue weighted by molar-refractivity contribution is 5.87. The van der Waals surface area contributed by atoms with Crippen LogP contribution in [0.4, 0.5) is 4.79 Å². The summed E-state index contributed by atoms with van der Waals surface area (Å²) in [7, 11) is 0. The Morgan fingerprint density at radius 2 is 2.00 bits per heavy atom. The zero-order valence-corrected chi connectivity index (χ0v) is 12.2. The number of carboxylic acid groups (broad SMARTS) is 1. The average Bonchev–Trinajstić information content (AvgIpc) is 2.47. The van der Waals surface area contributed by atoms with Crippen molar-refractivity contribution in [3.63, 3.8) is 0 Å². The van der Waals surface area contributed by atoms with Gasteiger partial charge in [0.2, 0.25) is 0 Å². The molecule has 0 aliphatic heterocycles. The summed E-state index contributed by atoms with van der Waals surface area (Å²) >= 11 is 0. The molecule has 5 heteroatoms. The zero-order valence-electron chi connectivity index (χ0n) is 12.2. The molecule has 0 bridgehead atoms. The Labute approximate surface area is 124 Å². The highest BCUT2D eigenvalue weighted by Gasteiger charge is 2.37. The maximum atomic E-state index is 12.0. The molecule has 0 fully saturated rings. The standard InChI is InChI=1S/C16H20N2O3/c1-4-9-13(5-2)17-15(21)18-16(3,14(19)20)12-10-7-6-8-11-12/h2,6-8,10-11,13H,4,9H2,1,3H3,(H,19,20)(H2,17,18,21). The van der Waals surface area contributed by atoms with Crippen LogP contribution in [0.25, 0.3) is 0 Å². The van der Waals surface area contributed by atoms with Crippen molar-refractivity contribution in [3.8, 4) is 12.3 Å². The molecule has 0 aliphatic carbocycles. The Bertz CT molecular complexity index is 536. The number of rotatable bonds is 6. The molecule has 0 aromatic heterocycles. The highest BCUT2D eigenvalue weighted by atomic mass is 16.4. The topological polar surface area (TPSA) is 78.4 Å². The minimum absolute atomic E-state index is 0.413. The van der Waals surface area contributed by atoms with Gasteiger partial charge in [-0.25, -0.2) is 9.59 Å². The van der Waals surface area contributed by atoms with Crippen molar-refractivity contribution in [1.29, 1.82) is 0 Å². The van der Waals surface area contributed by atoms with Gasteiger partial charge < -0.3 is 15.7 Å². The van der Waals surface area contributed by atoms with Crippen molar-refractivity contribution < 1.29 is 14.7 Å². The van der Waals surface area contributed by atoms with Gasteiger partial charge >= 0.3 is 12.0 Å². The van der Waals surface area contributed by atoms with Gasteiger partial charge in [-0.05, 0) is 18.9 Å². The predicted molar refractivity (Wildman–Crippen MR) is 80.6 cm³/mol. The van der Waals surface area contributed by atoms with Crippen LogP contribution in [0, 0.1) is 12.3 Å². The van der Waals surface area contributed by atoms with Gasteiger partial charge in [0.1, 0.15) is 0 Å². The normalized spacial score (nSPS) is 14.3. The molecule has 1 rings (SSSR count). The molecular weight excluding hydrogens is 268 g/mol. The summed E-state index contributed by atoms with van der Waals surface area (Å²) in [6.07, 6.45) is 6.79. The van der Waals surface area contributed by atoms with Gasteiger partial charge in [0, 0.05) is 0 Å². The van der Waals surface area contributed by atoms with E-state index in [4.69, 9.17) is 6.42 Å². The molecule has 21 heavy (non-hydrogen) atoms. The number of hydrogen-bond acceptors (Lipinski definition) is 2. The molecule has 0 spiro atoms. The van der Waals surface area contributed by atoms with Crippen LogP contribution < -0.4 is 10.6 Å². The van der Waals surface area contributed by atoms with Crippen LogP contribution in [-0.2, 0) is 10.3 Å². The zero-order chi connectivity index (χ0) is 15.9. The number of hydrogen-bond donors (Lipinski definition) is 3. The number of urea groups is 1. The fourth-order valence-electron chi connectivity index (χ4n) is 1.93. The lowest BCUT2D eigenvalue weighted by atomic mass is 9.92. The summed E-state index contributed by atoms with van der Waals surface area (Å²) in [5, 5.41) is 14.5. The molecule has 112 valence electrons. The third-order valence-corrected chi connectivity index (χ3v) is 3.23. The smallest absolute Gasteiger partial charge is 0.333 e. The van der Waals surface area contributed by atoms with Crippen LogP contribution >= 0.6 is 0 Å². The van der Waals surface area contributed by atoms with E-state index in [0.29, 0.717) is 12.0 Å². The number of aliphatic carboxylic acids is 1. The van der Waals surface area contributed by atoms with Gasteiger partial charge in [-0.3, -0.25) is 0 Å². The number of terminal acetylenes is 1. The van der Waals surface area contributed by atoms with E-state index in [-0.39, 0.29) is 0 Å². The van der Waals surface area contributed by atoms with Crippen molar-refractivity contribution in [2.24, 2.45) is 0 Å². The third-order valence-electron chi connectivity index (χ3n) is 3.23. The number of nitrogens with one attached hydrogen (secondary N) is 2. The molecule has 5 nitrogen and oxygen atoms in total. The Morgan fingerprint density at radius 1 is 1.38 bits per heavy atom. The molecule has 1 aromatic carbocycles. The summed E-state index contributed by atoms with van der Waals surface area (Å²) < 4.78 is 0. The summed E-state index contributed by atoms with van der Waals surface area (Å²) in [5.41, 5.74) is -1.03. The van der Waals surface area contributed by atoms with Gasteiger partial charge in [-0.15, -0.1) is 6.42 Å². The number of carboxylic acids is 1. The predicted octanol–water partition coefficient (Wildman–Crippen LogP) is 2.09. The van der Waals surface area contributed by atoms with Gasteiger partial charge in [-0.1, -0.05) is 49.6 Å². The number of amides is 2. The van der Waals surface area contributed by atoms with E-state index in [1.165, 1.54) is 6.92 Å². The quantitative estimate of drug-likeness (QED) is 0.701. The maximum Gasteiger partial charge on any atom is 0.333 e. The molecule has 2 amide bonds. The molecule has 0 aliphatic rings. The van der Waals surface area contributed by atoms with Crippen molar-refractivity contribution >= 4 is 12.0 Å². The van der Waals surface area contributed by atoms with E-state index >= 15 is 0 Å². The minimum Gasteiger partial charge on any atom is -0.479 e. The first-order valence-electron chi connectivity index (χ1n) is 6.77. The average molecular weight is 288 g/mol. The number of carbonyl (C=O) groups excluding carboxylic acids is 1. The van der Waals surface area contributed by atoms with Crippen molar-refractivity contribution in [1.82, 2.24) is 10.6 Å².